The van der Waals surface area contributed by atoms with Crippen molar-refractivity contribution in [3.63, 3.8) is 0 Å². The first kappa shape index (κ1) is 22.2. The van der Waals surface area contributed by atoms with Crippen LogP contribution >= 0.6 is 55.8 Å². The van der Waals surface area contributed by atoms with Gasteiger partial charge in [-0.3, -0.25) is 9.69 Å². The van der Waals surface area contributed by atoms with Gasteiger partial charge in [0, 0.05) is 0 Å². The minimum Gasteiger partial charge on any atom is -0.487 e. The number of halogens is 3. The summed E-state index contributed by atoms with van der Waals surface area (Å²) < 4.78 is 21.2. The van der Waals surface area contributed by atoms with Crippen molar-refractivity contribution in [1.82, 2.24) is 0 Å². The summed E-state index contributed by atoms with van der Waals surface area (Å²) in [4.78, 5) is 15.0. The van der Waals surface area contributed by atoms with Crippen molar-refractivity contribution in [1.29, 1.82) is 0 Å². The fourth-order valence-corrected chi connectivity index (χ4v) is 5.75. The van der Waals surface area contributed by atoms with Gasteiger partial charge in [-0.25, -0.2) is 4.39 Å². The Morgan fingerprint density at radius 2 is 1.74 bits per heavy atom. The summed E-state index contributed by atoms with van der Waals surface area (Å²) in [6, 6.07) is 19.3. The molecule has 8 heteroatoms. The Kier molecular flexibility index (Phi) is 6.91. The Bertz CT molecular complexity index is 1180. The summed E-state index contributed by atoms with van der Waals surface area (Å²) >= 11 is 13.7. The Hall–Kier alpha value is -2.00. The van der Waals surface area contributed by atoms with Crippen LogP contribution in [-0.4, -0.2) is 10.2 Å². The molecule has 156 valence electrons. The van der Waals surface area contributed by atoms with E-state index in [1.54, 1.807) is 18.2 Å². The molecule has 31 heavy (non-hydrogen) atoms. The van der Waals surface area contributed by atoms with Gasteiger partial charge in [-0.1, -0.05) is 54.3 Å². The van der Waals surface area contributed by atoms with Crippen LogP contribution in [0.3, 0.4) is 0 Å². The van der Waals surface area contributed by atoms with Gasteiger partial charge in [0.25, 0.3) is 5.91 Å². The molecule has 3 nitrogen and oxygen atoms in total. The molecule has 0 aliphatic carbocycles. The number of carbonyl (C=O) groups excluding carboxylic acids is 1. The smallest absolute Gasteiger partial charge is 0.270 e. The molecule has 0 bridgehead atoms. The topological polar surface area (TPSA) is 29.5 Å². The van der Waals surface area contributed by atoms with Gasteiger partial charge in [-0.2, -0.15) is 0 Å². The molecule has 0 N–H and O–H groups in total. The number of anilines is 1. The van der Waals surface area contributed by atoms with E-state index < -0.39 is 0 Å². The molecule has 1 fully saturated rings. The third kappa shape index (κ3) is 5.09. The van der Waals surface area contributed by atoms with Crippen LogP contribution < -0.4 is 9.64 Å². The number of hydrogen-bond acceptors (Lipinski definition) is 4. The van der Waals surface area contributed by atoms with E-state index in [2.05, 4.69) is 31.9 Å². The standard InChI is InChI=1S/C23H14Br2FNO2S2/c24-18-10-15(11-19(25)21(18)29-13-14-5-4-6-16(26)9-14)12-20-22(28)27(23(30)31-20)17-7-2-1-3-8-17/h1-12H,13H2/b20-12+. The van der Waals surface area contributed by atoms with Crippen molar-refractivity contribution < 1.29 is 13.9 Å². The molecule has 0 unspecified atom stereocenters. The number of nitrogens with zero attached hydrogens (tertiary/aromatic N) is 1. The number of para-hydroxylation sites is 1. The van der Waals surface area contributed by atoms with Crippen molar-refractivity contribution in [2.75, 3.05) is 4.90 Å². The van der Waals surface area contributed by atoms with Crippen molar-refractivity contribution >= 4 is 77.8 Å². The lowest BCUT2D eigenvalue weighted by molar-refractivity contribution is -0.113. The molecule has 4 rings (SSSR count). The van der Waals surface area contributed by atoms with Gasteiger partial charge < -0.3 is 4.74 Å². The van der Waals surface area contributed by atoms with E-state index >= 15 is 0 Å². The zero-order chi connectivity index (χ0) is 22.0. The van der Waals surface area contributed by atoms with Gasteiger partial charge in [-0.05, 0) is 85.5 Å². The van der Waals surface area contributed by atoms with E-state index in [4.69, 9.17) is 17.0 Å². The van der Waals surface area contributed by atoms with Crippen LogP contribution in [-0.2, 0) is 11.4 Å². The average molecular weight is 579 g/mol. The van der Waals surface area contributed by atoms with E-state index in [0.29, 0.717) is 23.9 Å². The number of ether oxygens (including phenoxy) is 1. The second-order valence-electron chi connectivity index (χ2n) is 6.58. The Morgan fingerprint density at radius 1 is 1.03 bits per heavy atom. The zero-order valence-electron chi connectivity index (χ0n) is 15.8. The van der Waals surface area contributed by atoms with Crippen LogP contribution in [0.1, 0.15) is 11.1 Å². The number of thioether (sulfide) groups is 1. The molecular formula is C23H14Br2FNO2S2. The van der Waals surface area contributed by atoms with Crippen LogP contribution in [0.15, 0.2) is 80.6 Å². The van der Waals surface area contributed by atoms with Gasteiger partial charge in [0.1, 0.15) is 18.2 Å². The number of rotatable bonds is 5. The van der Waals surface area contributed by atoms with E-state index in [-0.39, 0.29) is 18.3 Å². The molecule has 0 atom stereocenters. The third-order valence-corrected chi connectivity index (χ3v) is 6.88. The minimum atomic E-state index is -0.303. The maximum Gasteiger partial charge on any atom is 0.270 e. The molecule has 1 aliphatic rings. The molecule has 0 aromatic heterocycles. The lowest BCUT2D eigenvalue weighted by atomic mass is 10.2. The monoisotopic (exact) mass is 577 g/mol. The summed E-state index contributed by atoms with van der Waals surface area (Å²) in [5, 5.41) is 0. The molecule has 3 aromatic rings. The largest absolute Gasteiger partial charge is 0.487 e. The van der Waals surface area contributed by atoms with Crippen LogP contribution in [0.5, 0.6) is 5.75 Å². The van der Waals surface area contributed by atoms with Crippen LogP contribution in [0.25, 0.3) is 6.08 Å². The average Bonchev–Trinajstić information content (AvgIpc) is 3.01. The molecule has 0 radical (unpaired) electrons. The van der Waals surface area contributed by atoms with Gasteiger partial charge in [0.15, 0.2) is 4.32 Å². The lowest BCUT2D eigenvalue weighted by Crippen LogP contribution is -2.27. The Balaban J connectivity index is 1.55. The van der Waals surface area contributed by atoms with Gasteiger partial charge in [-0.15, -0.1) is 0 Å². The Labute approximate surface area is 205 Å². The highest BCUT2D eigenvalue weighted by molar-refractivity contribution is 9.11. The summed E-state index contributed by atoms with van der Waals surface area (Å²) in [5.41, 5.74) is 2.29. The minimum absolute atomic E-state index is 0.153. The fourth-order valence-electron chi connectivity index (χ4n) is 3.00. The molecule has 0 saturated carbocycles. The number of benzene rings is 3. The van der Waals surface area contributed by atoms with Crippen LogP contribution in [0.2, 0.25) is 0 Å². The van der Waals surface area contributed by atoms with Crippen LogP contribution in [0.4, 0.5) is 10.1 Å². The normalized spacial score (nSPS) is 15.1. The zero-order valence-corrected chi connectivity index (χ0v) is 20.7. The second-order valence-corrected chi connectivity index (χ2v) is 9.97. The highest BCUT2D eigenvalue weighted by atomic mass is 79.9. The van der Waals surface area contributed by atoms with Crippen molar-refractivity contribution in [3.8, 4) is 5.75 Å². The quantitative estimate of drug-likeness (QED) is 0.234. The molecule has 3 aromatic carbocycles. The van der Waals surface area contributed by atoms with Crippen molar-refractivity contribution in [3.05, 3.63) is 97.5 Å². The SMILES string of the molecule is O=C1/C(=C\c2cc(Br)c(OCc3cccc(F)c3)c(Br)c2)SC(=S)N1c1ccccc1. The molecule has 1 saturated heterocycles. The first-order chi connectivity index (χ1) is 14.9. The summed E-state index contributed by atoms with van der Waals surface area (Å²) in [5.74, 6) is 0.139. The lowest BCUT2D eigenvalue weighted by Gasteiger charge is -2.14. The first-order valence-electron chi connectivity index (χ1n) is 9.11. The van der Waals surface area contributed by atoms with E-state index in [9.17, 15) is 9.18 Å². The van der Waals surface area contributed by atoms with Crippen molar-refractivity contribution in [2.45, 2.75) is 6.61 Å². The van der Waals surface area contributed by atoms with Gasteiger partial charge in [0.05, 0.1) is 19.5 Å². The number of amides is 1. The molecule has 1 amide bonds. The predicted molar refractivity (Wildman–Crippen MR) is 135 cm³/mol. The highest BCUT2D eigenvalue weighted by Gasteiger charge is 2.33. The number of hydrogen-bond donors (Lipinski definition) is 0. The summed E-state index contributed by atoms with van der Waals surface area (Å²) in [6.07, 6.45) is 1.80. The summed E-state index contributed by atoms with van der Waals surface area (Å²) in [7, 11) is 0. The highest BCUT2D eigenvalue weighted by Crippen LogP contribution is 2.39. The van der Waals surface area contributed by atoms with Gasteiger partial charge >= 0.3 is 0 Å². The van der Waals surface area contributed by atoms with Crippen molar-refractivity contribution in [2.24, 2.45) is 0 Å². The van der Waals surface area contributed by atoms with Gasteiger partial charge in [0.2, 0.25) is 0 Å². The van der Waals surface area contributed by atoms with Crippen LogP contribution in [0, 0.1) is 5.82 Å². The fraction of sp³-hybridized carbons (Fsp3) is 0.0435. The molecular weight excluding hydrogens is 565 g/mol. The summed E-state index contributed by atoms with van der Waals surface area (Å²) in [6.45, 7) is 0.226. The van der Waals surface area contributed by atoms with E-state index in [1.807, 2.05) is 42.5 Å². The van der Waals surface area contributed by atoms with E-state index in [0.717, 1.165) is 16.8 Å². The third-order valence-electron chi connectivity index (χ3n) is 4.40. The number of carbonyl (C=O) groups is 1. The predicted octanol–water partition coefficient (Wildman–Crippen LogP) is 7.34. The first-order valence-corrected chi connectivity index (χ1v) is 11.9. The Morgan fingerprint density at radius 3 is 2.42 bits per heavy atom. The molecule has 0 spiro atoms. The second kappa shape index (κ2) is 9.65. The molecule has 1 aliphatic heterocycles. The number of thiocarbonyl (C=S) groups is 1. The maximum absolute atomic E-state index is 13.4. The maximum atomic E-state index is 13.4. The molecule has 1 heterocycles. The van der Waals surface area contributed by atoms with E-state index in [1.165, 1.54) is 28.8 Å².